The highest BCUT2D eigenvalue weighted by molar-refractivity contribution is 5.87. The van der Waals surface area contributed by atoms with Gasteiger partial charge in [-0.25, -0.2) is 4.79 Å². The Labute approximate surface area is 182 Å². The van der Waals surface area contributed by atoms with Gasteiger partial charge in [0.1, 0.15) is 0 Å². The summed E-state index contributed by atoms with van der Waals surface area (Å²) < 4.78 is 0. The smallest absolute Gasteiger partial charge is 0.335 e. The molecule has 2 aromatic rings. The Morgan fingerprint density at radius 3 is 2.13 bits per heavy atom. The van der Waals surface area contributed by atoms with E-state index in [0.29, 0.717) is 17.4 Å². The van der Waals surface area contributed by atoms with Crippen LogP contribution in [0.1, 0.15) is 99.3 Å². The van der Waals surface area contributed by atoms with Gasteiger partial charge in [-0.1, -0.05) is 84.0 Å². The first-order chi connectivity index (χ1) is 14.0. The van der Waals surface area contributed by atoms with Crippen LogP contribution in [-0.2, 0) is 10.8 Å². The second kappa shape index (κ2) is 8.41. The number of rotatable bonds is 6. The van der Waals surface area contributed by atoms with E-state index in [1.165, 1.54) is 29.5 Å². The predicted octanol–water partition coefficient (Wildman–Crippen LogP) is 7.58. The monoisotopic (exact) mass is 404 g/mol. The molecule has 30 heavy (non-hydrogen) atoms. The highest BCUT2D eigenvalue weighted by Crippen LogP contribution is 2.46. The van der Waals surface area contributed by atoms with Crippen LogP contribution in [0.4, 0.5) is 0 Å². The zero-order valence-corrected chi connectivity index (χ0v) is 19.3. The predicted molar refractivity (Wildman–Crippen MR) is 126 cm³/mol. The molecule has 0 heterocycles. The molecule has 0 spiro atoms. The van der Waals surface area contributed by atoms with Crippen molar-refractivity contribution in [2.24, 2.45) is 5.92 Å². The Balaban J connectivity index is 1.95. The number of allylic oxidation sites excluding steroid dienone is 1. The number of carbonyl (C=O) groups is 1. The van der Waals surface area contributed by atoms with Crippen molar-refractivity contribution >= 4 is 12.0 Å². The molecule has 0 saturated heterocycles. The van der Waals surface area contributed by atoms with Crippen molar-refractivity contribution in [3.8, 4) is 0 Å². The van der Waals surface area contributed by atoms with E-state index in [1.807, 2.05) is 12.1 Å². The average Bonchev–Trinajstić information content (AvgIpc) is 2.68. The first kappa shape index (κ1) is 22.3. The standard InChI is InChI=1S/C28H36O2/c1-19(2)17-22(12-9-20-7-10-21(11-8-20)26(29)30)23-13-14-24-25(18-23)28(5,6)16-15-27(24,3)4/h7-14,18-19,22H,15-17H2,1-6H3,(H,29,30)/b12-9+. The van der Waals surface area contributed by atoms with Gasteiger partial charge >= 0.3 is 5.97 Å². The van der Waals surface area contributed by atoms with Gasteiger partial charge in [0.25, 0.3) is 0 Å². The second-order valence-corrected chi connectivity index (χ2v) is 10.6. The fraction of sp³-hybridized carbons (Fsp3) is 0.464. The van der Waals surface area contributed by atoms with Crippen LogP contribution in [0.2, 0.25) is 0 Å². The van der Waals surface area contributed by atoms with E-state index >= 15 is 0 Å². The number of carboxylic acid groups (broad SMARTS) is 1. The van der Waals surface area contributed by atoms with Crippen molar-refractivity contribution in [1.29, 1.82) is 0 Å². The van der Waals surface area contributed by atoms with E-state index in [1.54, 1.807) is 12.1 Å². The molecule has 0 radical (unpaired) electrons. The van der Waals surface area contributed by atoms with Gasteiger partial charge in [-0.15, -0.1) is 0 Å². The zero-order chi connectivity index (χ0) is 22.1. The van der Waals surface area contributed by atoms with Crippen LogP contribution in [0.5, 0.6) is 0 Å². The summed E-state index contributed by atoms with van der Waals surface area (Å²) in [6, 6.07) is 14.3. The normalized spacial score (nSPS) is 18.4. The van der Waals surface area contributed by atoms with Crippen LogP contribution in [0, 0.1) is 5.92 Å². The van der Waals surface area contributed by atoms with Gasteiger partial charge in [0.2, 0.25) is 0 Å². The summed E-state index contributed by atoms with van der Waals surface area (Å²) in [6.07, 6.45) is 7.96. The minimum absolute atomic E-state index is 0.208. The third-order valence-electron chi connectivity index (χ3n) is 6.71. The highest BCUT2D eigenvalue weighted by Gasteiger charge is 2.37. The van der Waals surface area contributed by atoms with Crippen molar-refractivity contribution in [1.82, 2.24) is 0 Å². The maximum Gasteiger partial charge on any atom is 0.335 e. The van der Waals surface area contributed by atoms with E-state index < -0.39 is 5.97 Å². The van der Waals surface area contributed by atoms with E-state index in [9.17, 15) is 4.79 Å². The molecule has 0 fully saturated rings. The Kier molecular flexibility index (Phi) is 6.26. The lowest BCUT2D eigenvalue weighted by Crippen LogP contribution is -2.34. The lowest BCUT2D eigenvalue weighted by atomic mass is 9.62. The van der Waals surface area contributed by atoms with Crippen LogP contribution in [0.3, 0.4) is 0 Å². The van der Waals surface area contributed by atoms with Crippen molar-refractivity contribution in [2.45, 2.75) is 77.6 Å². The van der Waals surface area contributed by atoms with E-state index in [2.05, 4.69) is 71.9 Å². The van der Waals surface area contributed by atoms with Crippen molar-refractivity contribution in [2.75, 3.05) is 0 Å². The third kappa shape index (κ3) is 4.86. The number of benzene rings is 2. The quantitative estimate of drug-likeness (QED) is 0.539. The summed E-state index contributed by atoms with van der Waals surface area (Å²) in [7, 11) is 0. The molecular weight excluding hydrogens is 368 g/mol. The molecule has 2 aromatic carbocycles. The SMILES string of the molecule is CC(C)CC(/C=C/c1ccc(C(=O)O)cc1)c1ccc2c(c1)C(C)(C)CCC2(C)C. The van der Waals surface area contributed by atoms with Gasteiger partial charge in [0.05, 0.1) is 5.56 Å². The first-order valence-electron chi connectivity index (χ1n) is 11.2. The minimum Gasteiger partial charge on any atom is -0.478 e. The number of carboxylic acids is 1. The molecule has 0 bridgehead atoms. The molecule has 160 valence electrons. The Morgan fingerprint density at radius 2 is 1.57 bits per heavy atom. The lowest BCUT2D eigenvalue weighted by molar-refractivity contribution is 0.0697. The Morgan fingerprint density at radius 1 is 0.967 bits per heavy atom. The number of aromatic carboxylic acids is 1. The lowest BCUT2D eigenvalue weighted by Gasteiger charge is -2.42. The molecular formula is C28H36O2. The summed E-state index contributed by atoms with van der Waals surface area (Å²) in [6.45, 7) is 14.0. The number of hydrogen-bond acceptors (Lipinski definition) is 1. The molecule has 0 aromatic heterocycles. The van der Waals surface area contributed by atoms with Crippen LogP contribution in [0.15, 0.2) is 48.5 Å². The molecule has 1 aliphatic carbocycles. The Hall–Kier alpha value is -2.35. The van der Waals surface area contributed by atoms with Gasteiger partial charge in [-0.05, 0) is 70.4 Å². The minimum atomic E-state index is -0.886. The van der Waals surface area contributed by atoms with E-state index in [0.717, 1.165) is 12.0 Å². The summed E-state index contributed by atoms with van der Waals surface area (Å²) in [5.74, 6) is 0.0487. The number of fused-ring (bicyclic) bond motifs is 1. The zero-order valence-electron chi connectivity index (χ0n) is 19.3. The molecule has 0 saturated carbocycles. The van der Waals surface area contributed by atoms with Crippen LogP contribution >= 0.6 is 0 Å². The van der Waals surface area contributed by atoms with Gasteiger partial charge in [0, 0.05) is 5.92 Å². The summed E-state index contributed by atoms with van der Waals surface area (Å²) in [5, 5.41) is 9.10. The largest absolute Gasteiger partial charge is 0.478 e. The van der Waals surface area contributed by atoms with Gasteiger partial charge in [-0.2, -0.15) is 0 Å². The second-order valence-electron chi connectivity index (χ2n) is 10.6. The van der Waals surface area contributed by atoms with Crippen molar-refractivity contribution in [3.63, 3.8) is 0 Å². The van der Waals surface area contributed by atoms with Crippen LogP contribution in [-0.4, -0.2) is 11.1 Å². The maximum atomic E-state index is 11.1. The topological polar surface area (TPSA) is 37.3 Å². The molecule has 1 aliphatic rings. The molecule has 0 amide bonds. The van der Waals surface area contributed by atoms with E-state index in [4.69, 9.17) is 5.11 Å². The molecule has 3 rings (SSSR count). The fourth-order valence-corrected chi connectivity index (χ4v) is 4.63. The van der Waals surface area contributed by atoms with E-state index in [-0.39, 0.29) is 10.8 Å². The molecule has 2 heteroatoms. The number of hydrogen-bond donors (Lipinski definition) is 1. The first-order valence-corrected chi connectivity index (χ1v) is 11.2. The van der Waals surface area contributed by atoms with Crippen LogP contribution in [0.25, 0.3) is 6.08 Å². The molecule has 1 unspecified atom stereocenters. The fourth-order valence-electron chi connectivity index (χ4n) is 4.63. The summed E-state index contributed by atoms with van der Waals surface area (Å²) in [5.41, 5.74) is 6.19. The Bertz CT molecular complexity index is 930. The third-order valence-corrected chi connectivity index (χ3v) is 6.71. The van der Waals surface area contributed by atoms with Crippen molar-refractivity contribution < 1.29 is 9.90 Å². The van der Waals surface area contributed by atoms with Gasteiger partial charge < -0.3 is 5.11 Å². The van der Waals surface area contributed by atoms with Gasteiger partial charge in [-0.3, -0.25) is 0 Å². The van der Waals surface area contributed by atoms with Crippen LogP contribution < -0.4 is 0 Å². The maximum absolute atomic E-state index is 11.1. The summed E-state index contributed by atoms with van der Waals surface area (Å²) in [4.78, 5) is 11.1. The highest BCUT2D eigenvalue weighted by atomic mass is 16.4. The molecule has 0 aliphatic heterocycles. The molecule has 2 nitrogen and oxygen atoms in total. The molecule has 1 N–H and O–H groups in total. The average molecular weight is 405 g/mol. The van der Waals surface area contributed by atoms with Gasteiger partial charge in [0.15, 0.2) is 0 Å². The summed E-state index contributed by atoms with van der Waals surface area (Å²) >= 11 is 0. The van der Waals surface area contributed by atoms with Crippen molar-refractivity contribution in [3.05, 3.63) is 76.4 Å². The molecule has 1 atom stereocenters.